The van der Waals surface area contributed by atoms with Gasteiger partial charge in [-0.1, -0.05) is 30.9 Å². The van der Waals surface area contributed by atoms with Crippen LogP contribution in [0.25, 0.3) is 0 Å². The molecule has 0 saturated carbocycles. The van der Waals surface area contributed by atoms with Gasteiger partial charge in [0.25, 0.3) is 5.91 Å². The van der Waals surface area contributed by atoms with Gasteiger partial charge in [-0.3, -0.25) is 4.79 Å². The summed E-state index contributed by atoms with van der Waals surface area (Å²) in [6, 6.07) is 14.4. The van der Waals surface area contributed by atoms with Crippen LogP contribution in [0.4, 0.5) is 5.69 Å². The number of hydrogen-bond donors (Lipinski definition) is 1. The number of carbonyl (C=O) groups is 1. The maximum atomic E-state index is 12.4. The van der Waals surface area contributed by atoms with Gasteiger partial charge in [0, 0.05) is 5.56 Å². The molecule has 4 heteroatoms. The minimum Gasteiger partial charge on any atom is -0.491 e. The third kappa shape index (κ3) is 4.88. The first-order chi connectivity index (χ1) is 11.1. The second-order valence-corrected chi connectivity index (χ2v) is 5.24. The van der Waals surface area contributed by atoms with Crippen LogP contribution in [-0.4, -0.2) is 18.6 Å². The molecule has 0 radical (unpaired) electrons. The van der Waals surface area contributed by atoms with Crippen molar-refractivity contribution < 1.29 is 14.3 Å². The zero-order chi connectivity index (χ0) is 16.7. The van der Waals surface area contributed by atoms with Crippen molar-refractivity contribution in [3.63, 3.8) is 0 Å². The van der Waals surface area contributed by atoms with Gasteiger partial charge in [-0.05, 0) is 44.2 Å². The van der Waals surface area contributed by atoms with E-state index in [1.807, 2.05) is 32.0 Å². The van der Waals surface area contributed by atoms with Crippen molar-refractivity contribution in [3.8, 4) is 11.5 Å². The zero-order valence-corrected chi connectivity index (χ0v) is 13.4. The number of para-hydroxylation sites is 2. The Labute approximate surface area is 136 Å². The molecule has 2 aromatic rings. The van der Waals surface area contributed by atoms with Crippen LogP contribution >= 0.6 is 0 Å². The lowest BCUT2D eigenvalue weighted by Crippen LogP contribution is -2.13. The highest BCUT2D eigenvalue weighted by Crippen LogP contribution is 2.25. The van der Waals surface area contributed by atoms with Crippen molar-refractivity contribution in [1.29, 1.82) is 0 Å². The standard InChI is InChI=1S/C19H21NO3/c1-4-12-22-18-11-6-5-10-17(18)20-19(21)15-8-7-9-16(13-15)23-14(2)3/h4-11,13-14H,1,12H2,2-3H3,(H,20,21). The molecular formula is C19H21NO3. The SMILES string of the molecule is C=CCOc1ccccc1NC(=O)c1cccc(OC(C)C)c1. The van der Waals surface area contributed by atoms with E-state index in [0.717, 1.165) is 0 Å². The Bertz CT molecular complexity index is 680. The van der Waals surface area contributed by atoms with E-state index < -0.39 is 0 Å². The Balaban J connectivity index is 2.14. The molecule has 0 fully saturated rings. The summed E-state index contributed by atoms with van der Waals surface area (Å²) in [6.45, 7) is 7.89. The maximum Gasteiger partial charge on any atom is 0.255 e. The van der Waals surface area contributed by atoms with Crippen LogP contribution in [0.3, 0.4) is 0 Å². The first kappa shape index (κ1) is 16.6. The lowest BCUT2D eigenvalue weighted by atomic mass is 10.2. The number of benzene rings is 2. The predicted molar refractivity (Wildman–Crippen MR) is 92.3 cm³/mol. The zero-order valence-electron chi connectivity index (χ0n) is 13.4. The fraction of sp³-hybridized carbons (Fsp3) is 0.211. The van der Waals surface area contributed by atoms with Gasteiger partial charge in [-0.25, -0.2) is 0 Å². The topological polar surface area (TPSA) is 47.6 Å². The third-order valence-corrected chi connectivity index (χ3v) is 2.96. The third-order valence-electron chi connectivity index (χ3n) is 2.96. The van der Waals surface area contributed by atoms with Gasteiger partial charge in [-0.2, -0.15) is 0 Å². The summed E-state index contributed by atoms with van der Waals surface area (Å²) >= 11 is 0. The second-order valence-electron chi connectivity index (χ2n) is 5.24. The molecule has 1 N–H and O–H groups in total. The molecule has 0 aliphatic rings. The van der Waals surface area contributed by atoms with E-state index in [1.54, 1.807) is 36.4 Å². The Kier molecular flexibility index (Phi) is 5.80. The number of ether oxygens (including phenoxy) is 2. The highest BCUT2D eigenvalue weighted by atomic mass is 16.5. The lowest BCUT2D eigenvalue weighted by molar-refractivity contribution is 0.102. The van der Waals surface area contributed by atoms with Crippen molar-refractivity contribution in [2.45, 2.75) is 20.0 Å². The van der Waals surface area contributed by atoms with Crippen LogP contribution in [0, 0.1) is 0 Å². The average Bonchev–Trinajstić information content (AvgIpc) is 2.53. The molecule has 2 rings (SSSR count). The monoisotopic (exact) mass is 311 g/mol. The molecular weight excluding hydrogens is 290 g/mol. The number of rotatable bonds is 7. The molecule has 0 atom stereocenters. The molecule has 23 heavy (non-hydrogen) atoms. The molecule has 1 amide bonds. The van der Waals surface area contributed by atoms with Gasteiger partial charge in [0.1, 0.15) is 18.1 Å². The van der Waals surface area contributed by atoms with E-state index in [1.165, 1.54) is 0 Å². The molecule has 0 heterocycles. The van der Waals surface area contributed by atoms with Crippen molar-refractivity contribution >= 4 is 11.6 Å². The van der Waals surface area contributed by atoms with E-state index in [4.69, 9.17) is 9.47 Å². The summed E-state index contributed by atoms with van der Waals surface area (Å²) in [6.07, 6.45) is 1.71. The average molecular weight is 311 g/mol. The van der Waals surface area contributed by atoms with E-state index in [2.05, 4.69) is 11.9 Å². The van der Waals surface area contributed by atoms with E-state index >= 15 is 0 Å². The smallest absolute Gasteiger partial charge is 0.255 e. The fourth-order valence-electron chi connectivity index (χ4n) is 2.02. The Morgan fingerprint density at radius 3 is 2.74 bits per heavy atom. The van der Waals surface area contributed by atoms with Crippen LogP contribution in [0.15, 0.2) is 61.2 Å². The molecule has 120 valence electrons. The molecule has 0 aromatic heterocycles. The normalized spacial score (nSPS) is 10.2. The molecule has 0 aliphatic heterocycles. The summed E-state index contributed by atoms with van der Waals surface area (Å²) < 4.78 is 11.2. The van der Waals surface area contributed by atoms with Gasteiger partial charge in [-0.15, -0.1) is 0 Å². The van der Waals surface area contributed by atoms with Crippen LogP contribution in [0.1, 0.15) is 24.2 Å². The van der Waals surface area contributed by atoms with E-state index in [9.17, 15) is 4.79 Å². The van der Waals surface area contributed by atoms with Crippen LogP contribution < -0.4 is 14.8 Å². The quantitative estimate of drug-likeness (QED) is 0.776. The lowest BCUT2D eigenvalue weighted by Gasteiger charge is -2.13. The van der Waals surface area contributed by atoms with Crippen molar-refractivity contribution in [1.82, 2.24) is 0 Å². The minimum atomic E-state index is -0.214. The molecule has 2 aromatic carbocycles. The molecule has 0 spiro atoms. The number of anilines is 1. The molecule has 0 aliphatic carbocycles. The predicted octanol–water partition coefficient (Wildman–Crippen LogP) is 4.29. The minimum absolute atomic E-state index is 0.0568. The highest BCUT2D eigenvalue weighted by Gasteiger charge is 2.11. The van der Waals surface area contributed by atoms with Crippen LogP contribution in [0.5, 0.6) is 11.5 Å². The number of carbonyl (C=O) groups excluding carboxylic acids is 1. The van der Waals surface area contributed by atoms with Gasteiger partial charge in [0.05, 0.1) is 11.8 Å². The van der Waals surface area contributed by atoms with E-state index in [0.29, 0.717) is 29.4 Å². The number of amides is 1. The molecule has 0 bridgehead atoms. The number of hydrogen-bond acceptors (Lipinski definition) is 3. The second kappa shape index (κ2) is 8.03. The van der Waals surface area contributed by atoms with Crippen molar-refractivity contribution in [3.05, 3.63) is 66.7 Å². The Morgan fingerprint density at radius 2 is 2.00 bits per heavy atom. The Morgan fingerprint density at radius 1 is 1.22 bits per heavy atom. The van der Waals surface area contributed by atoms with Crippen molar-refractivity contribution in [2.75, 3.05) is 11.9 Å². The molecule has 0 saturated heterocycles. The summed E-state index contributed by atoms with van der Waals surface area (Å²) in [4.78, 5) is 12.4. The fourth-order valence-corrected chi connectivity index (χ4v) is 2.02. The largest absolute Gasteiger partial charge is 0.491 e. The van der Waals surface area contributed by atoms with E-state index in [-0.39, 0.29) is 12.0 Å². The molecule has 0 unspecified atom stereocenters. The summed E-state index contributed by atoms with van der Waals surface area (Å²) in [5, 5.41) is 2.86. The number of nitrogens with one attached hydrogen (secondary N) is 1. The summed E-state index contributed by atoms with van der Waals surface area (Å²) in [5.41, 5.74) is 1.15. The van der Waals surface area contributed by atoms with Crippen molar-refractivity contribution in [2.24, 2.45) is 0 Å². The first-order valence-electron chi connectivity index (χ1n) is 7.51. The maximum absolute atomic E-state index is 12.4. The summed E-state index contributed by atoms with van der Waals surface area (Å²) in [5.74, 6) is 1.06. The Hall–Kier alpha value is -2.75. The van der Waals surface area contributed by atoms with Gasteiger partial charge < -0.3 is 14.8 Å². The van der Waals surface area contributed by atoms with Crippen LogP contribution in [0.2, 0.25) is 0 Å². The van der Waals surface area contributed by atoms with Crippen LogP contribution in [-0.2, 0) is 0 Å². The van der Waals surface area contributed by atoms with Gasteiger partial charge in [0.2, 0.25) is 0 Å². The first-order valence-corrected chi connectivity index (χ1v) is 7.51. The summed E-state index contributed by atoms with van der Waals surface area (Å²) in [7, 11) is 0. The molecule has 4 nitrogen and oxygen atoms in total. The van der Waals surface area contributed by atoms with Gasteiger partial charge in [0.15, 0.2) is 0 Å². The highest BCUT2D eigenvalue weighted by molar-refractivity contribution is 6.05. The van der Waals surface area contributed by atoms with Gasteiger partial charge >= 0.3 is 0 Å².